The molecule has 0 saturated heterocycles. The lowest BCUT2D eigenvalue weighted by atomic mass is 10.1. The van der Waals surface area contributed by atoms with Crippen LogP contribution in [-0.4, -0.2) is 11.1 Å². The smallest absolute Gasteiger partial charge is 0.371 e. The van der Waals surface area contributed by atoms with Gasteiger partial charge < -0.3 is 23.4 Å². The third kappa shape index (κ3) is 4.27. The van der Waals surface area contributed by atoms with Gasteiger partial charge in [0.25, 0.3) is 0 Å². The molecule has 1 N–H and O–H groups in total. The van der Waals surface area contributed by atoms with Crippen LogP contribution in [-0.2, 0) is 6.61 Å². The van der Waals surface area contributed by atoms with Crippen LogP contribution in [0.4, 0.5) is 0 Å². The van der Waals surface area contributed by atoms with Gasteiger partial charge in [-0.3, -0.25) is 4.79 Å². The van der Waals surface area contributed by atoms with Gasteiger partial charge in [0, 0.05) is 11.6 Å². The Morgan fingerprint density at radius 3 is 2.47 bits per heavy atom. The van der Waals surface area contributed by atoms with Gasteiger partial charge in [0.2, 0.25) is 16.9 Å². The van der Waals surface area contributed by atoms with Crippen molar-refractivity contribution in [2.24, 2.45) is 0 Å². The first-order valence-electron chi connectivity index (χ1n) is 10.4. The molecule has 0 unspecified atom stereocenters. The van der Waals surface area contributed by atoms with Gasteiger partial charge in [-0.1, -0.05) is 48.5 Å². The zero-order chi connectivity index (χ0) is 23.5. The fourth-order valence-corrected chi connectivity index (χ4v) is 3.51. The van der Waals surface area contributed by atoms with Gasteiger partial charge in [-0.05, 0) is 35.9 Å². The van der Waals surface area contributed by atoms with E-state index >= 15 is 0 Å². The fourth-order valence-electron chi connectivity index (χ4n) is 3.51. The van der Waals surface area contributed by atoms with Gasteiger partial charge >= 0.3 is 5.97 Å². The van der Waals surface area contributed by atoms with E-state index in [1.165, 1.54) is 18.4 Å². The van der Waals surface area contributed by atoms with Gasteiger partial charge in [0.1, 0.15) is 35.7 Å². The van der Waals surface area contributed by atoms with Gasteiger partial charge in [0.05, 0.1) is 5.39 Å². The van der Waals surface area contributed by atoms with Crippen LogP contribution in [0.1, 0.15) is 16.3 Å². The molecule has 0 aliphatic rings. The zero-order valence-electron chi connectivity index (χ0n) is 17.8. The Bertz CT molecular complexity index is 1530. The molecule has 7 nitrogen and oxygen atoms in total. The Hall–Kier alpha value is -4.78. The SMILES string of the molecule is O=C(O)c1ccc(COc2ccc3c(=O)c(Oc4ccccc4-c4ccccc4)coc3c2)o1. The van der Waals surface area contributed by atoms with E-state index in [-0.39, 0.29) is 23.5 Å². The predicted molar refractivity (Wildman–Crippen MR) is 124 cm³/mol. The predicted octanol–water partition coefficient (Wildman–Crippen LogP) is 6.12. The molecule has 5 rings (SSSR count). The minimum atomic E-state index is -1.15. The molecule has 0 bridgehead atoms. The number of hydrogen-bond acceptors (Lipinski definition) is 6. The highest BCUT2D eigenvalue weighted by atomic mass is 16.5. The molecule has 34 heavy (non-hydrogen) atoms. The van der Waals surface area contributed by atoms with E-state index in [0.29, 0.717) is 28.2 Å². The Balaban J connectivity index is 1.38. The number of para-hydroxylation sites is 1. The highest BCUT2D eigenvalue weighted by Crippen LogP contribution is 2.33. The minimum Gasteiger partial charge on any atom is -0.486 e. The van der Waals surface area contributed by atoms with E-state index in [0.717, 1.165) is 11.1 Å². The Morgan fingerprint density at radius 2 is 1.68 bits per heavy atom. The standard InChI is InChI=1S/C27H18O7/c28-26-21-12-10-18(31-15-19-11-13-23(33-19)27(29)30)14-24(21)32-16-25(26)34-22-9-5-4-8-20(22)17-6-2-1-3-7-17/h1-14,16H,15H2,(H,29,30). The summed E-state index contributed by atoms with van der Waals surface area (Å²) in [7, 11) is 0. The van der Waals surface area contributed by atoms with Crippen molar-refractivity contribution in [1.29, 1.82) is 0 Å². The van der Waals surface area contributed by atoms with E-state index in [1.807, 2.05) is 48.5 Å². The third-order valence-electron chi connectivity index (χ3n) is 5.16. The van der Waals surface area contributed by atoms with Crippen molar-refractivity contribution in [2.45, 2.75) is 6.61 Å². The summed E-state index contributed by atoms with van der Waals surface area (Å²) in [6, 6.07) is 24.9. The maximum absolute atomic E-state index is 13.0. The summed E-state index contributed by atoms with van der Waals surface area (Å²) in [6.45, 7) is 0.0283. The van der Waals surface area contributed by atoms with Crippen LogP contribution in [0.2, 0.25) is 0 Å². The highest BCUT2D eigenvalue weighted by molar-refractivity contribution is 5.84. The zero-order valence-corrected chi connectivity index (χ0v) is 17.8. The number of carboxylic acid groups (broad SMARTS) is 1. The molecule has 0 fully saturated rings. The van der Waals surface area contributed by atoms with Crippen LogP contribution in [0.3, 0.4) is 0 Å². The molecule has 0 atom stereocenters. The van der Waals surface area contributed by atoms with E-state index in [2.05, 4.69) is 0 Å². The molecule has 0 saturated carbocycles. The molecule has 0 radical (unpaired) electrons. The van der Waals surface area contributed by atoms with Gasteiger partial charge in [-0.15, -0.1) is 0 Å². The highest BCUT2D eigenvalue weighted by Gasteiger charge is 2.14. The Labute approximate surface area is 193 Å². The number of benzene rings is 3. The maximum Gasteiger partial charge on any atom is 0.371 e. The van der Waals surface area contributed by atoms with Crippen molar-refractivity contribution >= 4 is 16.9 Å². The average Bonchev–Trinajstić information content (AvgIpc) is 3.35. The van der Waals surface area contributed by atoms with Crippen molar-refractivity contribution in [3.05, 3.63) is 113 Å². The normalized spacial score (nSPS) is 10.8. The van der Waals surface area contributed by atoms with E-state index < -0.39 is 5.97 Å². The van der Waals surface area contributed by atoms with Crippen molar-refractivity contribution in [1.82, 2.24) is 0 Å². The second-order valence-electron chi connectivity index (χ2n) is 7.41. The first-order chi connectivity index (χ1) is 16.6. The number of furan rings is 1. The van der Waals surface area contributed by atoms with E-state index in [9.17, 15) is 9.59 Å². The summed E-state index contributed by atoms with van der Waals surface area (Å²) >= 11 is 0. The molecular formula is C27H18O7. The van der Waals surface area contributed by atoms with Crippen LogP contribution in [0.5, 0.6) is 17.2 Å². The van der Waals surface area contributed by atoms with Crippen molar-refractivity contribution in [2.75, 3.05) is 0 Å². The Kier molecular flexibility index (Phi) is 5.58. The average molecular weight is 454 g/mol. The van der Waals surface area contributed by atoms with E-state index in [1.54, 1.807) is 24.3 Å². The monoisotopic (exact) mass is 454 g/mol. The third-order valence-corrected chi connectivity index (χ3v) is 5.16. The second kappa shape index (κ2) is 8.99. The van der Waals surface area contributed by atoms with Crippen molar-refractivity contribution in [3.8, 4) is 28.4 Å². The quantitative estimate of drug-likeness (QED) is 0.316. The molecule has 5 aromatic rings. The molecule has 2 aromatic heterocycles. The summed E-state index contributed by atoms with van der Waals surface area (Å²) in [5, 5.41) is 9.27. The first kappa shape index (κ1) is 21.1. The van der Waals surface area contributed by atoms with Crippen LogP contribution in [0.15, 0.2) is 105 Å². The van der Waals surface area contributed by atoms with Crippen LogP contribution >= 0.6 is 0 Å². The minimum absolute atomic E-state index is 0.0283. The molecule has 7 heteroatoms. The van der Waals surface area contributed by atoms with Crippen molar-refractivity contribution in [3.63, 3.8) is 0 Å². The Morgan fingerprint density at radius 1 is 0.882 bits per heavy atom. The number of rotatable bonds is 7. The number of fused-ring (bicyclic) bond motifs is 1. The van der Waals surface area contributed by atoms with Gasteiger partial charge in [-0.25, -0.2) is 4.79 Å². The van der Waals surface area contributed by atoms with Crippen molar-refractivity contribution < 1.29 is 28.2 Å². The van der Waals surface area contributed by atoms with Crippen LogP contribution < -0.4 is 14.9 Å². The lowest BCUT2D eigenvalue weighted by Gasteiger charge is -2.11. The molecule has 0 aliphatic carbocycles. The summed E-state index contributed by atoms with van der Waals surface area (Å²) < 4.78 is 22.4. The topological polar surface area (TPSA) is 99.1 Å². The summed E-state index contributed by atoms with van der Waals surface area (Å²) in [4.78, 5) is 24.0. The lowest BCUT2D eigenvalue weighted by Crippen LogP contribution is -2.05. The first-order valence-corrected chi connectivity index (χ1v) is 10.4. The molecule has 2 heterocycles. The summed E-state index contributed by atoms with van der Waals surface area (Å²) in [5.74, 6) is 0.0974. The van der Waals surface area contributed by atoms with Gasteiger partial charge in [-0.2, -0.15) is 0 Å². The number of carboxylic acids is 1. The maximum atomic E-state index is 13.0. The number of hydrogen-bond donors (Lipinski definition) is 1. The number of carbonyl (C=O) groups is 1. The number of ether oxygens (including phenoxy) is 2. The largest absolute Gasteiger partial charge is 0.486 e. The molecule has 0 amide bonds. The molecule has 0 aliphatic heterocycles. The molecule has 168 valence electrons. The van der Waals surface area contributed by atoms with Crippen LogP contribution in [0.25, 0.3) is 22.1 Å². The molecular weight excluding hydrogens is 436 g/mol. The summed E-state index contributed by atoms with van der Waals surface area (Å²) in [5.41, 5.74) is 1.84. The number of aromatic carboxylic acids is 1. The lowest BCUT2D eigenvalue weighted by molar-refractivity contribution is 0.0658. The second-order valence-corrected chi connectivity index (χ2v) is 7.41. The fraction of sp³-hybridized carbons (Fsp3) is 0.0370. The summed E-state index contributed by atoms with van der Waals surface area (Å²) in [6.07, 6.45) is 1.28. The van der Waals surface area contributed by atoms with Gasteiger partial charge in [0.15, 0.2) is 0 Å². The molecule has 0 spiro atoms. The van der Waals surface area contributed by atoms with Crippen LogP contribution in [0, 0.1) is 0 Å². The molecule has 3 aromatic carbocycles. The van der Waals surface area contributed by atoms with E-state index in [4.69, 9.17) is 23.4 Å².